The molecule has 0 bridgehead atoms. The number of H-pyrrole nitrogens is 1. The maximum Gasteiger partial charge on any atom is 0.267 e. The molecule has 0 saturated carbocycles. The number of rotatable bonds is 5. The van der Waals surface area contributed by atoms with Crippen LogP contribution in [0.1, 0.15) is 28.3 Å². The van der Waals surface area contributed by atoms with Crippen molar-refractivity contribution < 1.29 is 4.79 Å². The number of aryl methyl sites for hydroxylation is 3. The Labute approximate surface area is 139 Å². The third-order valence-electron chi connectivity index (χ3n) is 3.76. The highest BCUT2D eigenvalue weighted by Crippen LogP contribution is 2.19. The standard InChI is InChI=1S/C17H19ClN4O/c1-11-8-12(2)22(21-11)7-3-6-19-17(23)16-9-13-4-5-14(18)10-15(13)20-16/h4-5,8-10,20H,3,6-7H2,1-2H3,(H,19,23). The van der Waals surface area contributed by atoms with Crippen LogP contribution in [0.3, 0.4) is 0 Å². The number of carbonyl (C=O) groups is 1. The van der Waals surface area contributed by atoms with E-state index in [1.807, 2.05) is 48.9 Å². The van der Waals surface area contributed by atoms with Gasteiger partial charge < -0.3 is 10.3 Å². The zero-order chi connectivity index (χ0) is 16.4. The highest BCUT2D eigenvalue weighted by atomic mass is 35.5. The fourth-order valence-corrected chi connectivity index (χ4v) is 2.82. The first-order chi connectivity index (χ1) is 11.0. The summed E-state index contributed by atoms with van der Waals surface area (Å²) in [6, 6.07) is 9.41. The molecule has 0 saturated heterocycles. The van der Waals surface area contributed by atoms with Crippen LogP contribution in [0, 0.1) is 13.8 Å². The van der Waals surface area contributed by atoms with E-state index in [0.717, 1.165) is 35.3 Å². The third kappa shape index (κ3) is 3.56. The van der Waals surface area contributed by atoms with Crippen molar-refractivity contribution in [2.75, 3.05) is 6.54 Å². The molecular formula is C17H19ClN4O. The van der Waals surface area contributed by atoms with E-state index in [9.17, 15) is 4.79 Å². The Morgan fingerprint density at radius 3 is 2.87 bits per heavy atom. The fourth-order valence-electron chi connectivity index (χ4n) is 2.65. The lowest BCUT2D eigenvalue weighted by molar-refractivity contribution is 0.0948. The topological polar surface area (TPSA) is 62.7 Å². The number of fused-ring (bicyclic) bond motifs is 1. The molecule has 1 aromatic carbocycles. The van der Waals surface area contributed by atoms with Crippen LogP contribution in [-0.2, 0) is 6.54 Å². The van der Waals surface area contributed by atoms with Crippen molar-refractivity contribution in [3.05, 3.63) is 52.4 Å². The number of benzene rings is 1. The smallest absolute Gasteiger partial charge is 0.267 e. The van der Waals surface area contributed by atoms with Gasteiger partial charge in [0.2, 0.25) is 0 Å². The van der Waals surface area contributed by atoms with E-state index < -0.39 is 0 Å². The molecule has 0 atom stereocenters. The zero-order valence-corrected chi connectivity index (χ0v) is 13.9. The molecule has 1 amide bonds. The van der Waals surface area contributed by atoms with Gasteiger partial charge in [0.25, 0.3) is 5.91 Å². The third-order valence-corrected chi connectivity index (χ3v) is 4.00. The van der Waals surface area contributed by atoms with Gasteiger partial charge in [0.1, 0.15) is 5.69 Å². The maximum atomic E-state index is 12.2. The summed E-state index contributed by atoms with van der Waals surface area (Å²) < 4.78 is 1.96. The van der Waals surface area contributed by atoms with Crippen molar-refractivity contribution in [2.24, 2.45) is 0 Å². The van der Waals surface area contributed by atoms with Crippen LogP contribution in [0.25, 0.3) is 10.9 Å². The average Bonchev–Trinajstić information content (AvgIpc) is 3.06. The van der Waals surface area contributed by atoms with Crippen molar-refractivity contribution in [1.29, 1.82) is 0 Å². The molecule has 120 valence electrons. The van der Waals surface area contributed by atoms with Gasteiger partial charge in [-0.25, -0.2) is 0 Å². The van der Waals surface area contributed by atoms with E-state index in [4.69, 9.17) is 11.6 Å². The van der Waals surface area contributed by atoms with Gasteiger partial charge in [-0.2, -0.15) is 5.10 Å². The molecule has 0 spiro atoms. The van der Waals surface area contributed by atoms with Crippen LogP contribution in [0.15, 0.2) is 30.3 Å². The summed E-state index contributed by atoms with van der Waals surface area (Å²) in [7, 11) is 0. The van der Waals surface area contributed by atoms with Crippen molar-refractivity contribution in [3.8, 4) is 0 Å². The molecule has 0 unspecified atom stereocenters. The summed E-state index contributed by atoms with van der Waals surface area (Å²) in [5, 5.41) is 8.96. The molecule has 3 rings (SSSR count). The second kappa shape index (κ2) is 6.46. The molecule has 3 aromatic rings. The molecule has 0 fully saturated rings. The number of carbonyl (C=O) groups excluding carboxylic acids is 1. The lowest BCUT2D eigenvalue weighted by Crippen LogP contribution is -2.25. The minimum absolute atomic E-state index is 0.106. The van der Waals surface area contributed by atoms with Gasteiger partial charge in [-0.1, -0.05) is 17.7 Å². The van der Waals surface area contributed by atoms with Crippen LogP contribution in [-0.4, -0.2) is 27.2 Å². The van der Waals surface area contributed by atoms with E-state index in [-0.39, 0.29) is 5.91 Å². The second-order valence-corrected chi connectivity index (χ2v) is 6.11. The Morgan fingerprint density at radius 2 is 2.13 bits per heavy atom. The monoisotopic (exact) mass is 330 g/mol. The average molecular weight is 331 g/mol. The summed E-state index contributed by atoms with van der Waals surface area (Å²) in [5.41, 5.74) is 3.57. The number of halogens is 1. The first-order valence-corrected chi connectivity index (χ1v) is 7.98. The van der Waals surface area contributed by atoms with E-state index in [1.165, 1.54) is 0 Å². The first-order valence-electron chi connectivity index (χ1n) is 7.60. The molecule has 0 aliphatic rings. The zero-order valence-electron chi connectivity index (χ0n) is 13.2. The lowest BCUT2D eigenvalue weighted by Gasteiger charge is -2.05. The van der Waals surface area contributed by atoms with E-state index in [2.05, 4.69) is 15.4 Å². The van der Waals surface area contributed by atoms with Gasteiger partial charge in [-0.3, -0.25) is 9.48 Å². The lowest BCUT2D eigenvalue weighted by atomic mass is 10.2. The summed E-state index contributed by atoms with van der Waals surface area (Å²) in [6.45, 7) is 5.41. The van der Waals surface area contributed by atoms with Gasteiger partial charge in [-0.05, 0) is 44.5 Å². The number of nitrogens with zero attached hydrogens (tertiary/aromatic N) is 2. The molecule has 5 nitrogen and oxygen atoms in total. The van der Waals surface area contributed by atoms with Crippen LogP contribution in [0.5, 0.6) is 0 Å². The first kappa shape index (κ1) is 15.6. The SMILES string of the molecule is Cc1cc(C)n(CCCNC(=O)c2cc3ccc(Cl)cc3[nH]2)n1. The van der Waals surface area contributed by atoms with Gasteiger partial charge >= 0.3 is 0 Å². The number of aromatic amines is 1. The molecule has 6 heteroatoms. The number of aromatic nitrogens is 3. The van der Waals surface area contributed by atoms with Crippen molar-refractivity contribution in [3.63, 3.8) is 0 Å². The normalized spacial score (nSPS) is 11.1. The molecular weight excluding hydrogens is 312 g/mol. The quantitative estimate of drug-likeness (QED) is 0.704. The molecule has 0 aliphatic heterocycles. The number of hydrogen-bond acceptors (Lipinski definition) is 2. The second-order valence-electron chi connectivity index (χ2n) is 5.67. The van der Waals surface area contributed by atoms with E-state index in [1.54, 1.807) is 0 Å². The molecule has 2 heterocycles. The fraction of sp³-hybridized carbons (Fsp3) is 0.294. The van der Waals surface area contributed by atoms with Crippen LogP contribution in [0.4, 0.5) is 0 Å². The Kier molecular flexibility index (Phi) is 4.39. The largest absolute Gasteiger partial charge is 0.351 e. The summed E-state index contributed by atoms with van der Waals surface area (Å²) in [6.07, 6.45) is 0.833. The molecule has 2 N–H and O–H groups in total. The predicted octanol–water partition coefficient (Wildman–Crippen LogP) is 3.45. The number of amides is 1. The number of hydrogen-bond donors (Lipinski definition) is 2. The Hall–Kier alpha value is -2.27. The minimum Gasteiger partial charge on any atom is -0.351 e. The van der Waals surface area contributed by atoms with Crippen molar-refractivity contribution in [1.82, 2.24) is 20.1 Å². The Balaban J connectivity index is 1.55. The van der Waals surface area contributed by atoms with Crippen molar-refractivity contribution >= 4 is 28.4 Å². The minimum atomic E-state index is -0.106. The number of nitrogens with one attached hydrogen (secondary N) is 2. The molecule has 0 radical (unpaired) electrons. The van der Waals surface area contributed by atoms with Crippen LogP contribution < -0.4 is 5.32 Å². The van der Waals surface area contributed by atoms with Crippen LogP contribution >= 0.6 is 11.6 Å². The molecule has 2 aromatic heterocycles. The molecule has 0 aliphatic carbocycles. The summed E-state index contributed by atoms with van der Waals surface area (Å²) in [5.74, 6) is -0.106. The predicted molar refractivity (Wildman–Crippen MR) is 92.0 cm³/mol. The highest BCUT2D eigenvalue weighted by molar-refractivity contribution is 6.31. The van der Waals surface area contributed by atoms with Gasteiger partial charge in [-0.15, -0.1) is 0 Å². The maximum absolute atomic E-state index is 12.2. The molecule has 23 heavy (non-hydrogen) atoms. The van der Waals surface area contributed by atoms with Gasteiger partial charge in [0, 0.05) is 34.7 Å². The van der Waals surface area contributed by atoms with Gasteiger partial charge in [0.15, 0.2) is 0 Å². The van der Waals surface area contributed by atoms with E-state index in [0.29, 0.717) is 17.3 Å². The van der Waals surface area contributed by atoms with Crippen molar-refractivity contribution in [2.45, 2.75) is 26.8 Å². The summed E-state index contributed by atoms with van der Waals surface area (Å²) >= 11 is 5.95. The Morgan fingerprint density at radius 1 is 1.30 bits per heavy atom. The Bertz CT molecular complexity index is 850. The van der Waals surface area contributed by atoms with Crippen LogP contribution in [0.2, 0.25) is 5.02 Å². The van der Waals surface area contributed by atoms with Gasteiger partial charge in [0.05, 0.1) is 5.69 Å². The summed E-state index contributed by atoms with van der Waals surface area (Å²) in [4.78, 5) is 15.3. The van der Waals surface area contributed by atoms with E-state index >= 15 is 0 Å². The highest BCUT2D eigenvalue weighted by Gasteiger charge is 2.09.